The predicted molar refractivity (Wildman–Crippen MR) is 46.0 cm³/mol. The van der Waals surface area contributed by atoms with Crippen molar-refractivity contribution in [3.63, 3.8) is 0 Å². The third-order valence-electron chi connectivity index (χ3n) is 2.35. The van der Waals surface area contributed by atoms with Crippen molar-refractivity contribution in [2.45, 2.75) is 19.4 Å². The summed E-state index contributed by atoms with van der Waals surface area (Å²) in [5, 5.41) is 6.04. The van der Waals surface area contributed by atoms with E-state index in [2.05, 4.69) is 22.3 Å². The van der Waals surface area contributed by atoms with Crippen molar-refractivity contribution in [2.24, 2.45) is 5.92 Å². The van der Waals surface area contributed by atoms with Crippen LogP contribution in [0.4, 0.5) is 4.79 Å². The first-order valence-corrected chi connectivity index (χ1v) is 4.33. The topological polar surface area (TPSA) is 50.4 Å². The number of ether oxygens (including phenoxy) is 1. The third-order valence-corrected chi connectivity index (χ3v) is 2.35. The molecule has 0 aliphatic carbocycles. The van der Waals surface area contributed by atoms with E-state index >= 15 is 0 Å². The van der Waals surface area contributed by atoms with Gasteiger partial charge in [-0.3, -0.25) is 0 Å². The first kappa shape index (κ1) is 9.32. The molecule has 12 heavy (non-hydrogen) atoms. The largest absolute Gasteiger partial charge is 0.453 e. The second-order valence-electron chi connectivity index (χ2n) is 3.07. The van der Waals surface area contributed by atoms with Crippen LogP contribution in [0.1, 0.15) is 13.3 Å². The Labute approximate surface area is 72.7 Å². The van der Waals surface area contributed by atoms with Crippen LogP contribution in [0.5, 0.6) is 0 Å². The van der Waals surface area contributed by atoms with Gasteiger partial charge in [-0.2, -0.15) is 0 Å². The molecule has 4 heteroatoms. The minimum atomic E-state index is -0.331. The van der Waals surface area contributed by atoms with Gasteiger partial charge in [0.1, 0.15) is 0 Å². The summed E-state index contributed by atoms with van der Waals surface area (Å²) in [6, 6.07) is 0.238. The van der Waals surface area contributed by atoms with Gasteiger partial charge in [0.25, 0.3) is 0 Å². The summed E-state index contributed by atoms with van der Waals surface area (Å²) >= 11 is 0. The first-order valence-electron chi connectivity index (χ1n) is 4.33. The number of carbonyl (C=O) groups is 1. The van der Waals surface area contributed by atoms with Crippen molar-refractivity contribution in [3.05, 3.63) is 0 Å². The molecule has 0 bridgehead atoms. The van der Waals surface area contributed by atoms with Crippen LogP contribution in [0.2, 0.25) is 0 Å². The molecule has 0 radical (unpaired) electrons. The van der Waals surface area contributed by atoms with Crippen molar-refractivity contribution < 1.29 is 9.53 Å². The quantitative estimate of drug-likeness (QED) is 0.631. The summed E-state index contributed by atoms with van der Waals surface area (Å²) in [6.45, 7) is 3.97. The summed E-state index contributed by atoms with van der Waals surface area (Å²) in [5.74, 6) is 0.545. The molecular formula is C8H16N2O2. The molecule has 1 amide bonds. The van der Waals surface area contributed by atoms with Gasteiger partial charge in [0, 0.05) is 19.1 Å². The molecule has 1 heterocycles. The molecule has 4 nitrogen and oxygen atoms in total. The highest BCUT2D eigenvalue weighted by Crippen LogP contribution is 2.12. The second kappa shape index (κ2) is 4.30. The molecule has 0 spiro atoms. The molecule has 1 rings (SSSR count). The van der Waals surface area contributed by atoms with Crippen LogP contribution in [0.3, 0.4) is 0 Å². The molecule has 0 aromatic carbocycles. The number of nitrogens with one attached hydrogen (secondary N) is 2. The van der Waals surface area contributed by atoms with Gasteiger partial charge in [-0.05, 0) is 5.92 Å². The number of rotatable bonds is 2. The molecule has 2 atom stereocenters. The van der Waals surface area contributed by atoms with E-state index in [1.165, 1.54) is 7.11 Å². The Morgan fingerprint density at radius 3 is 3.00 bits per heavy atom. The Kier molecular flexibility index (Phi) is 3.34. The van der Waals surface area contributed by atoms with Crippen molar-refractivity contribution >= 4 is 6.09 Å². The molecule has 1 aliphatic heterocycles. The summed E-state index contributed by atoms with van der Waals surface area (Å²) in [4.78, 5) is 10.9. The normalized spacial score (nSPS) is 28.5. The standard InChI is InChI=1S/C8H16N2O2/c1-3-6-4-9-5-7(6)10-8(11)12-2/h6-7,9H,3-5H2,1-2H3,(H,10,11). The van der Waals surface area contributed by atoms with E-state index in [4.69, 9.17) is 0 Å². The maximum absolute atomic E-state index is 10.9. The maximum Gasteiger partial charge on any atom is 0.407 e. The van der Waals surface area contributed by atoms with Crippen molar-refractivity contribution in [1.29, 1.82) is 0 Å². The van der Waals surface area contributed by atoms with E-state index in [1.54, 1.807) is 0 Å². The smallest absolute Gasteiger partial charge is 0.407 e. The zero-order valence-electron chi connectivity index (χ0n) is 7.59. The van der Waals surface area contributed by atoms with Gasteiger partial charge in [-0.1, -0.05) is 13.3 Å². The summed E-state index contributed by atoms with van der Waals surface area (Å²) in [6.07, 6.45) is 0.754. The molecular weight excluding hydrogens is 156 g/mol. The van der Waals surface area contributed by atoms with Crippen LogP contribution in [-0.2, 0) is 4.74 Å². The highest BCUT2D eigenvalue weighted by molar-refractivity contribution is 5.67. The van der Waals surface area contributed by atoms with Crippen molar-refractivity contribution in [1.82, 2.24) is 10.6 Å². The van der Waals surface area contributed by atoms with Crippen molar-refractivity contribution in [3.8, 4) is 0 Å². The molecule has 2 unspecified atom stereocenters. The van der Waals surface area contributed by atoms with E-state index in [0.717, 1.165) is 19.5 Å². The lowest BCUT2D eigenvalue weighted by Crippen LogP contribution is -2.40. The Morgan fingerprint density at radius 2 is 2.42 bits per heavy atom. The summed E-state index contributed by atoms with van der Waals surface area (Å²) < 4.78 is 4.53. The zero-order chi connectivity index (χ0) is 8.97. The van der Waals surface area contributed by atoms with Gasteiger partial charge < -0.3 is 15.4 Å². The molecule has 70 valence electrons. The molecule has 0 aromatic heterocycles. The number of amides is 1. The minimum Gasteiger partial charge on any atom is -0.453 e. The monoisotopic (exact) mass is 172 g/mol. The zero-order valence-corrected chi connectivity index (χ0v) is 7.59. The van der Waals surface area contributed by atoms with Gasteiger partial charge in [-0.25, -0.2) is 4.79 Å². The van der Waals surface area contributed by atoms with E-state index in [1.807, 2.05) is 0 Å². The fraction of sp³-hybridized carbons (Fsp3) is 0.875. The lowest BCUT2D eigenvalue weighted by Gasteiger charge is -2.17. The van der Waals surface area contributed by atoms with Gasteiger partial charge in [0.15, 0.2) is 0 Å². The van der Waals surface area contributed by atoms with E-state index < -0.39 is 0 Å². The molecule has 2 N–H and O–H groups in total. The Morgan fingerprint density at radius 1 is 1.67 bits per heavy atom. The van der Waals surface area contributed by atoms with Gasteiger partial charge in [0.05, 0.1) is 7.11 Å². The van der Waals surface area contributed by atoms with Crippen LogP contribution in [0, 0.1) is 5.92 Å². The number of hydrogen-bond acceptors (Lipinski definition) is 3. The second-order valence-corrected chi connectivity index (χ2v) is 3.07. The fourth-order valence-electron chi connectivity index (χ4n) is 1.54. The third kappa shape index (κ3) is 2.11. The highest BCUT2D eigenvalue weighted by Gasteiger charge is 2.26. The van der Waals surface area contributed by atoms with Crippen LogP contribution >= 0.6 is 0 Å². The van der Waals surface area contributed by atoms with Gasteiger partial charge >= 0.3 is 6.09 Å². The molecule has 1 saturated heterocycles. The number of methoxy groups -OCH3 is 1. The maximum atomic E-state index is 10.9. The number of alkyl carbamates (subject to hydrolysis) is 1. The van der Waals surface area contributed by atoms with Crippen LogP contribution in [-0.4, -0.2) is 32.3 Å². The lowest BCUT2D eigenvalue weighted by atomic mass is 10.0. The molecule has 1 aliphatic rings. The van der Waals surface area contributed by atoms with E-state index in [0.29, 0.717) is 5.92 Å². The predicted octanol–water partition coefficient (Wildman–Crippen LogP) is 0.340. The number of hydrogen-bond donors (Lipinski definition) is 2. The average molecular weight is 172 g/mol. The van der Waals surface area contributed by atoms with Crippen LogP contribution in [0.15, 0.2) is 0 Å². The molecule has 0 saturated carbocycles. The Hall–Kier alpha value is -0.770. The molecule has 0 aromatic rings. The highest BCUT2D eigenvalue weighted by atomic mass is 16.5. The summed E-state index contributed by atoms with van der Waals surface area (Å²) in [7, 11) is 1.39. The first-order chi connectivity index (χ1) is 5.77. The number of carbonyl (C=O) groups excluding carboxylic acids is 1. The lowest BCUT2D eigenvalue weighted by molar-refractivity contribution is 0.164. The average Bonchev–Trinajstić information content (AvgIpc) is 2.51. The van der Waals surface area contributed by atoms with E-state index in [9.17, 15) is 4.79 Å². The van der Waals surface area contributed by atoms with Crippen LogP contribution < -0.4 is 10.6 Å². The van der Waals surface area contributed by atoms with Gasteiger partial charge in [0.2, 0.25) is 0 Å². The Balaban J connectivity index is 2.35. The summed E-state index contributed by atoms with van der Waals surface area (Å²) in [5.41, 5.74) is 0. The minimum absolute atomic E-state index is 0.238. The SMILES string of the molecule is CCC1CNCC1NC(=O)OC. The van der Waals surface area contributed by atoms with Crippen LogP contribution in [0.25, 0.3) is 0 Å². The van der Waals surface area contributed by atoms with Crippen molar-refractivity contribution in [2.75, 3.05) is 20.2 Å². The van der Waals surface area contributed by atoms with E-state index in [-0.39, 0.29) is 12.1 Å². The Bertz CT molecular complexity index is 161. The van der Waals surface area contributed by atoms with Gasteiger partial charge in [-0.15, -0.1) is 0 Å². The molecule has 1 fully saturated rings. The fourth-order valence-corrected chi connectivity index (χ4v) is 1.54.